The van der Waals surface area contributed by atoms with E-state index < -0.39 is 5.54 Å². The van der Waals surface area contributed by atoms with Gasteiger partial charge in [-0.15, -0.1) is 0 Å². The maximum Gasteiger partial charge on any atom is 0.319 e. The second-order valence-electron chi connectivity index (χ2n) is 5.82. The first-order chi connectivity index (χ1) is 8.94. The van der Waals surface area contributed by atoms with Crippen molar-refractivity contribution in [2.24, 2.45) is 5.73 Å². The van der Waals surface area contributed by atoms with E-state index in [1.165, 1.54) is 0 Å². The van der Waals surface area contributed by atoms with Crippen LogP contribution < -0.4 is 5.73 Å². The summed E-state index contributed by atoms with van der Waals surface area (Å²) >= 11 is 0. The number of nitrogens with zero attached hydrogens (tertiary/aromatic N) is 3. The molecule has 0 aromatic carbocycles. The van der Waals surface area contributed by atoms with E-state index in [0.717, 1.165) is 25.7 Å². The monoisotopic (exact) mass is 268 g/mol. The van der Waals surface area contributed by atoms with Crippen molar-refractivity contribution in [1.82, 2.24) is 14.7 Å². The van der Waals surface area contributed by atoms with Crippen LogP contribution in [0.3, 0.4) is 0 Å². The van der Waals surface area contributed by atoms with E-state index in [9.17, 15) is 9.59 Å². The first-order valence-electron chi connectivity index (χ1n) is 6.98. The lowest BCUT2D eigenvalue weighted by Gasteiger charge is -2.39. The minimum atomic E-state index is -0.645. The maximum absolute atomic E-state index is 12.4. The second-order valence-corrected chi connectivity index (χ2v) is 5.82. The highest BCUT2D eigenvalue weighted by Gasteiger charge is 2.40. The van der Waals surface area contributed by atoms with E-state index in [1.807, 2.05) is 4.90 Å². The molecular formula is C13H24N4O2. The van der Waals surface area contributed by atoms with Crippen molar-refractivity contribution >= 4 is 11.9 Å². The van der Waals surface area contributed by atoms with E-state index in [1.54, 1.807) is 23.9 Å². The molecule has 6 heteroatoms. The Bertz CT molecular complexity index is 356. The molecule has 6 nitrogen and oxygen atoms in total. The summed E-state index contributed by atoms with van der Waals surface area (Å²) in [5.74, 6) is 0.0713. The Labute approximate surface area is 114 Å². The highest BCUT2D eigenvalue weighted by molar-refractivity contribution is 5.86. The van der Waals surface area contributed by atoms with Crippen LogP contribution in [-0.2, 0) is 4.79 Å². The zero-order chi connectivity index (χ0) is 14.0. The van der Waals surface area contributed by atoms with Crippen LogP contribution in [0.15, 0.2) is 0 Å². The normalized spacial score (nSPS) is 22.5. The van der Waals surface area contributed by atoms with Gasteiger partial charge in [0.1, 0.15) is 0 Å². The van der Waals surface area contributed by atoms with Crippen molar-refractivity contribution in [2.45, 2.75) is 31.2 Å². The lowest BCUT2D eigenvalue weighted by Crippen LogP contribution is -2.59. The van der Waals surface area contributed by atoms with Crippen LogP contribution in [-0.4, -0.2) is 72.5 Å². The topological polar surface area (TPSA) is 69.9 Å². The standard InChI is InChI=1S/C13H24N4O2/c1-15(2)12(19)17-9-7-16(8-10-17)11(18)13(14)5-3-4-6-13/h3-10,14H2,1-2H3. The molecule has 2 N–H and O–H groups in total. The molecule has 1 heterocycles. The Kier molecular flexibility index (Phi) is 3.99. The van der Waals surface area contributed by atoms with Gasteiger partial charge in [-0.25, -0.2) is 4.79 Å². The first-order valence-corrected chi connectivity index (χ1v) is 6.98. The third-order valence-electron chi connectivity index (χ3n) is 4.14. The van der Waals surface area contributed by atoms with Gasteiger partial charge in [0.25, 0.3) is 0 Å². The molecule has 1 saturated heterocycles. The predicted octanol–water partition coefficient (Wildman–Crippen LogP) is 0.0837. The van der Waals surface area contributed by atoms with Crippen LogP contribution in [0.1, 0.15) is 25.7 Å². The highest BCUT2D eigenvalue weighted by atomic mass is 16.2. The molecule has 3 amide bonds. The quantitative estimate of drug-likeness (QED) is 0.732. The number of rotatable bonds is 1. The van der Waals surface area contributed by atoms with Gasteiger partial charge in [-0.05, 0) is 12.8 Å². The molecule has 0 atom stereocenters. The molecule has 1 aliphatic heterocycles. The van der Waals surface area contributed by atoms with Gasteiger partial charge in [-0.2, -0.15) is 0 Å². The number of urea groups is 1. The number of amides is 3. The molecule has 2 aliphatic rings. The molecule has 19 heavy (non-hydrogen) atoms. The summed E-state index contributed by atoms with van der Waals surface area (Å²) in [4.78, 5) is 29.4. The van der Waals surface area contributed by atoms with Crippen LogP contribution in [0.4, 0.5) is 4.79 Å². The molecule has 0 aromatic rings. The van der Waals surface area contributed by atoms with Gasteiger partial charge in [0.15, 0.2) is 0 Å². The Morgan fingerprint density at radius 1 is 1.00 bits per heavy atom. The molecule has 1 saturated carbocycles. The van der Waals surface area contributed by atoms with Crippen LogP contribution in [0.2, 0.25) is 0 Å². The summed E-state index contributed by atoms with van der Waals surface area (Å²) in [6.45, 7) is 2.38. The van der Waals surface area contributed by atoms with Gasteiger partial charge >= 0.3 is 6.03 Å². The largest absolute Gasteiger partial charge is 0.338 e. The molecular weight excluding hydrogens is 244 g/mol. The van der Waals surface area contributed by atoms with Crippen molar-refractivity contribution in [3.8, 4) is 0 Å². The van der Waals surface area contributed by atoms with Crippen LogP contribution >= 0.6 is 0 Å². The fourth-order valence-electron chi connectivity index (χ4n) is 2.92. The molecule has 2 fully saturated rings. The molecule has 0 bridgehead atoms. The van der Waals surface area contributed by atoms with Gasteiger partial charge in [0.2, 0.25) is 5.91 Å². The summed E-state index contributed by atoms with van der Waals surface area (Å²) in [5, 5.41) is 0. The number of hydrogen-bond acceptors (Lipinski definition) is 3. The highest BCUT2D eigenvalue weighted by Crippen LogP contribution is 2.29. The Balaban J connectivity index is 1.89. The minimum Gasteiger partial charge on any atom is -0.338 e. The molecule has 1 aliphatic carbocycles. The van der Waals surface area contributed by atoms with Crippen molar-refractivity contribution in [1.29, 1.82) is 0 Å². The van der Waals surface area contributed by atoms with Crippen molar-refractivity contribution in [3.05, 3.63) is 0 Å². The maximum atomic E-state index is 12.4. The lowest BCUT2D eigenvalue weighted by atomic mass is 9.97. The fourth-order valence-corrected chi connectivity index (χ4v) is 2.92. The molecule has 0 aromatic heterocycles. The number of hydrogen-bond donors (Lipinski definition) is 1. The number of nitrogens with two attached hydrogens (primary N) is 1. The second kappa shape index (κ2) is 5.36. The van der Waals surface area contributed by atoms with Crippen molar-refractivity contribution in [3.63, 3.8) is 0 Å². The SMILES string of the molecule is CN(C)C(=O)N1CCN(C(=O)C2(N)CCCC2)CC1. The predicted molar refractivity (Wildman–Crippen MR) is 72.6 cm³/mol. The Morgan fingerprint density at radius 3 is 1.95 bits per heavy atom. The zero-order valence-electron chi connectivity index (χ0n) is 11.9. The van der Waals surface area contributed by atoms with Crippen molar-refractivity contribution < 1.29 is 9.59 Å². The van der Waals surface area contributed by atoms with Gasteiger partial charge in [0.05, 0.1) is 5.54 Å². The smallest absolute Gasteiger partial charge is 0.319 e. The Morgan fingerprint density at radius 2 is 1.47 bits per heavy atom. The molecule has 0 radical (unpaired) electrons. The van der Waals surface area contributed by atoms with Gasteiger partial charge in [-0.3, -0.25) is 4.79 Å². The molecule has 2 rings (SSSR count). The third-order valence-corrected chi connectivity index (χ3v) is 4.14. The summed E-state index contributed by atoms with van der Waals surface area (Å²) in [5.41, 5.74) is 5.55. The lowest BCUT2D eigenvalue weighted by molar-refractivity contribution is -0.138. The summed E-state index contributed by atoms with van der Waals surface area (Å²) < 4.78 is 0. The number of piperazine rings is 1. The van der Waals surface area contributed by atoms with Gasteiger partial charge in [-0.1, -0.05) is 12.8 Å². The molecule has 0 unspecified atom stereocenters. The van der Waals surface area contributed by atoms with Gasteiger partial charge in [0, 0.05) is 40.3 Å². The van der Waals surface area contributed by atoms with E-state index in [0.29, 0.717) is 26.2 Å². The van der Waals surface area contributed by atoms with Gasteiger partial charge < -0.3 is 20.4 Å². The summed E-state index contributed by atoms with van der Waals surface area (Å²) in [6.07, 6.45) is 3.67. The number of carbonyl (C=O) groups is 2. The average molecular weight is 268 g/mol. The minimum absolute atomic E-state index is 0.00965. The third kappa shape index (κ3) is 2.83. The van der Waals surface area contributed by atoms with E-state index in [2.05, 4.69) is 0 Å². The van der Waals surface area contributed by atoms with E-state index in [4.69, 9.17) is 5.73 Å². The number of carbonyl (C=O) groups excluding carboxylic acids is 2. The first kappa shape index (κ1) is 14.1. The van der Waals surface area contributed by atoms with Crippen LogP contribution in [0, 0.1) is 0 Å². The summed E-state index contributed by atoms with van der Waals surface area (Å²) in [6, 6.07) is 0.00965. The van der Waals surface area contributed by atoms with Crippen molar-refractivity contribution in [2.75, 3.05) is 40.3 Å². The van der Waals surface area contributed by atoms with E-state index >= 15 is 0 Å². The van der Waals surface area contributed by atoms with Crippen LogP contribution in [0.5, 0.6) is 0 Å². The van der Waals surface area contributed by atoms with Crippen LogP contribution in [0.25, 0.3) is 0 Å². The average Bonchev–Trinajstić information content (AvgIpc) is 2.85. The molecule has 0 spiro atoms. The fraction of sp³-hybridized carbons (Fsp3) is 0.846. The van der Waals surface area contributed by atoms with E-state index in [-0.39, 0.29) is 11.9 Å². The zero-order valence-corrected chi connectivity index (χ0v) is 11.9. The Hall–Kier alpha value is -1.30. The molecule has 108 valence electrons. The summed E-state index contributed by atoms with van der Waals surface area (Å²) in [7, 11) is 3.49.